The quantitative estimate of drug-likeness (QED) is 0.416. The maximum Gasteiger partial charge on any atom is 0.325 e. The molecular weight excluding hydrogens is 412 g/mol. The van der Waals surface area contributed by atoms with Crippen LogP contribution < -0.4 is 10.1 Å². The van der Waals surface area contributed by atoms with Crippen molar-refractivity contribution in [2.24, 2.45) is 0 Å². The van der Waals surface area contributed by atoms with Gasteiger partial charge in [0.15, 0.2) is 0 Å². The number of hydrogen-bond donors (Lipinski definition) is 2. The number of thiophene rings is 1. The molecule has 31 heavy (non-hydrogen) atoms. The van der Waals surface area contributed by atoms with Crippen molar-refractivity contribution in [3.63, 3.8) is 0 Å². The van der Waals surface area contributed by atoms with Gasteiger partial charge in [-0.1, -0.05) is 19.4 Å². The predicted octanol–water partition coefficient (Wildman–Crippen LogP) is 4.55. The molecule has 6 nitrogen and oxygen atoms in total. The minimum atomic E-state index is -0.981. The summed E-state index contributed by atoms with van der Waals surface area (Å²) in [7, 11) is 0. The molecule has 0 bridgehead atoms. The molecule has 1 aliphatic heterocycles. The Morgan fingerprint density at radius 3 is 2.65 bits per heavy atom. The highest BCUT2D eigenvalue weighted by Gasteiger charge is 2.48. The van der Waals surface area contributed by atoms with E-state index in [0.29, 0.717) is 19.6 Å². The van der Waals surface area contributed by atoms with Crippen LogP contribution in [-0.2, 0) is 22.4 Å². The highest BCUT2D eigenvalue weighted by molar-refractivity contribution is 7.08. The molecule has 1 saturated heterocycles. The Morgan fingerprint density at radius 2 is 2.00 bits per heavy atom. The lowest BCUT2D eigenvalue weighted by Gasteiger charge is -2.21. The number of nitrogens with zero attached hydrogens (tertiary/aromatic N) is 1. The standard InChI is InChI=1S/C24H32N2O4S/c1-5-8-17-15-18(23(2,3)29)9-10-20(17)30-13-7-6-12-26-21(27)24(4,25-22(26)28)19-11-14-31-16-19/h9-11,14-16,29H,5-8,12-13H2,1-4H3,(H,25,28). The van der Waals surface area contributed by atoms with E-state index in [2.05, 4.69) is 12.2 Å². The van der Waals surface area contributed by atoms with E-state index in [-0.39, 0.29) is 11.9 Å². The van der Waals surface area contributed by atoms with Crippen LogP contribution in [0.25, 0.3) is 0 Å². The largest absolute Gasteiger partial charge is 0.493 e. The van der Waals surface area contributed by atoms with Gasteiger partial charge in [-0.2, -0.15) is 11.3 Å². The molecular formula is C24H32N2O4S. The maximum atomic E-state index is 12.8. The van der Waals surface area contributed by atoms with Gasteiger partial charge in [-0.3, -0.25) is 9.69 Å². The van der Waals surface area contributed by atoms with Crippen LogP contribution in [0.2, 0.25) is 0 Å². The first-order chi connectivity index (χ1) is 14.7. The molecule has 2 heterocycles. The Hall–Kier alpha value is -2.38. The van der Waals surface area contributed by atoms with Crippen molar-refractivity contribution >= 4 is 23.3 Å². The molecule has 3 amide bonds. The van der Waals surface area contributed by atoms with E-state index in [4.69, 9.17) is 4.74 Å². The van der Waals surface area contributed by atoms with Gasteiger partial charge in [0.05, 0.1) is 12.2 Å². The van der Waals surface area contributed by atoms with Crippen molar-refractivity contribution in [3.8, 4) is 5.75 Å². The number of amides is 3. The van der Waals surface area contributed by atoms with Gasteiger partial charge < -0.3 is 15.2 Å². The zero-order valence-corrected chi connectivity index (χ0v) is 19.6. The maximum absolute atomic E-state index is 12.8. The van der Waals surface area contributed by atoms with Crippen LogP contribution in [0.3, 0.4) is 0 Å². The normalized spacial score (nSPS) is 19.1. The van der Waals surface area contributed by atoms with Gasteiger partial charge in [0, 0.05) is 6.54 Å². The summed E-state index contributed by atoms with van der Waals surface area (Å²) in [5.41, 5.74) is 0.907. The van der Waals surface area contributed by atoms with Crippen LogP contribution in [0.4, 0.5) is 4.79 Å². The van der Waals surface area contributed by atoms with Crippen LogP contribution >= 0.6 is 11.3 Å². The van der Waals surface area contributed by atoms with E-state index in [1.807, 2.05) is 35.0 Å². The summed E-state index contributed by atoms with van der Waals surface area (Å²) in [6.45, 7) is 8.29. The van der Waals surface area contributed by atoms with Crippen molar-refractivity contribution in [1.29, 1.82) is 0 Å². The molecule has 0 saturated carbocycles. The van der Waals surface area contributed by atoms with Crippen molar-refractivity contribution in [3.05, 3.63) is 51.7 Å². The monoisotopic (exact) mass is 444 g/mol. The summed E-state index contributed by atoms with van der Waals surface area (Å²) in [5, 5.41) is 16.9. The van der Waals surface area contributed by atoms with E-state index in [0.717, 1.165) is 41.7 Å². The number of imide groups is 1. The topological polar surface area (TPSA) is 78.9 Å². The van der Waals surface area contributed by atoms with Gasteiger partial charge in [0.2, 0.25) is 0 Å². The Morgan fingerprint density at radius 1 is 1.23 bits per heavy atom. The van der Waals surface area contributed by atoms with E-state index < -0.39 is 11.1 Å². The number of carbonyl (C=O) groups is 2. The molecule has 168 valence electrons. The summed E-state index contributed by atoms with van der Waals surface area (Å²) in [6, 6.07) is 7.36. The number of urea groups is 1. The highest BCUT2D eigenvalue weighted by atomic mass is 32.1. The second kappa shape index (κ2) is 9.40. The molecule has 2 aromatic rings. The summed E-state index contributed by atoms with van der Waals surface area (Å²) in [6.07, 6.45) is 3.26. The molecule has 1 aliphatic rings. The van der Waals surface area contributed by atoms with Crippen LogP contribution in [0.1, 0.15) is 63.6 Å². The third kappa shape index (κ3) is 5.10. The zero-order chi connectivity index (χ0) is 22.6. The van der Waals surface area contributed by atoms with E-state index >= 15 is 0 Å². The molecule has 1 fully saturated rings. The lowest BCUT2D eigenvalue weighted by atomic mass is 9.95. The molecule has 1 atom stereocenters. The Balaban J connectivity index is 1.53. The van der Waals surface area contributed by atoms with E-state index in [1.54, 1.807) is 20.8 Å². The average Bonchev–Trinajstić information content (AvgIpc) is 3.32. The molecule has 0 radical (unpaired) electrons. The van der Waals surface area contributed by atoms with E-state index in [1.165, 1.54) is 16.2 Å². The number of benzene rings is 1. The number of nitrogens with one attached hydrogen (secondary N) is 1. The predicted molar refractivity (Wildman–Crippen MR) is 122 cm³/mol. The molecule has 1 aromatic heterocycles. The summed E-state index contributed by atoms with van der Waals surface area (Å²) >= 11 is 1.51. The summed E-state index contributed by atoms with van der Waals surface area (Å²) in [5.74, 6) is 0.624. The van der Waals surface area contributed by atoms with Crippen molar-refractivity contribution < 1.29 is 19.4 Å². The van der Waals surface area contributed by atoms with Gasteiger partial charge in [0.1, 0.15) is 11.3 Å². The molecule has 0 aliphatic carbocycles. The first kappa shape index (κ1) is 23.3. The van der Waals surface area contributed by atoms with Gasteiger partial charge in [0.25, 0.3) is 5.91 Å². The second-order valence-electron chi connectivity index (χ2n) is 8.71. The summed E-state index contributed by atoms with van der Waals surface area (Å²) < 4.78 is 5.99. The minimum absolute atomic E-state index is 0.204. The Bertz CT molecular complexity index is 920. The third-order valence-electron chi connectivity index (χ3n) is 5.69. The van der Waals surface area contributed by atoms with Gasteiger partial charge in [-0.15, -0.1) is 0 Å². The molecule has 1 aromatic carbocycles. The SMILES string of the molecule is CCCc1cc(C(C)(C)O)ccc1OCCCCN1C(=O)NC(C)(c2ccsc2)C1=O. The van der Waals surface area contributed by atoms with Crippen molar-refractivity contribution in [1.82, 2.24) is 10.2 Å². The fourth-order valence-corrected chi connectivity index (χ4v) is 4.53. The van der Waals surface area contributed by atoms with Crippen molar-refractivity contribution in [2.45, 2.75) is 64.5 Å². The zero-order valence-electron chi connectivity index (χ0n) is 18.7. The lowest BCUT2D eigenvalue weighted by molar-refractivity contribution is -0.131. The van der Waals surface area contributed by atoms with Gasteiger partial charge in [-0.25, -0.2) is 4.79 Å². The van der Waals surface area contributed by atoms with Crippen LogP contribution in [0.15, 0.2) is 35.0 Å². The van der Waals surface area contributed by atoms with Crippen LogP contribution in [-0.4, -0.2) is 35.1 Å². The fourth-order valence-electron chi connectivity index (χ4n) is 3.76. The first-order valence-corrected chi connectivity index (χ1v) is 11.8. The number of aryl methyl sites for hydroxylation is 1. The number of hydrogen-bond acceptors (Lipinski definition) is 5. The number of carbonyl (C=O) groups excluding carboxylic acids is 2. The molecule has 1 unspecified atom stereocenters. The van der Waals surface area contributed by atoms with Gasteiger partial charge in [-0.05, 0) is 85.7 Å². The number of rotatable bonds is 10. The van der Waals surface area contributed by atoms with E-state index in [9.17, 15) is 14.7 Å². The highest BCUT2D eigenvalue weighted by Crippen LogP contribution is 2.31. The first-order valence-electron chi connectivity index (χ1n) is 10.8. The Labute approximate surface area is 188 Å². The lowest BCUT2D eigenvalue weighted by Crippen LogP contribution is -2.40. The fraction of sp³-hybridized carbons (Fsp3) is 0.500. The van der Waals surface area contributed by atoms with Crippen LogP contribution in [0.5, 0.6) is 5.75 Å². The van der Waals surface area contributed by atoms with Crippen LogP contribution in [0, 0.1) is 0 Å². The second-order valence-corrected chi connectivity index (χ2v) is 9.49. The molecule has 0 spiro atoms. The number of ether oxygens (including phenoxy) is 1. The smallest absolute Gasteiger partial charge is 0.325 e. The number of unbranched alkanes of at least 4 members (excludes halogenated alkanes) is 1. The van der Waals surface area contributed by atoms with Gasteiger partial charge >= 0.3 is 6.03 Å². The minimum Gasteiger partial charge on any atom is -0.493 e. The third-order valence-corrected chi connectivity index (χ3v) is 6.38. The average molecular weight is 445 g/mol. The number of aliphatic hydroxyl groups is 1. The Kier molecular flexibility index (Phi) is 7.06. The molecule has 3 rings (SSSR count). The molecule has 7 heteroatoms. The summed E-state index contributed by atoms with van der Waals surface area (Å²) in [4.78, 5) is 26.5. The molecule has 2 N–H and O–H groups in total. The van der Waals surface area contributed by atoms with Crippen molar-refractivity contribution in [2.75, 3.05) is 13.2 Å².